The van der Waals surface area contributed by atoms with Crippen LogP contribution in [0.15, 0.2) is 42.5 Å². The molecule has 1 fully saturated rings. The van der Waals surface area contributed by atoms with E-state index in [2.05, 4.69) is 10.6 Å². The van der Waals surface area contributed by atoms with Gasteiger partial charge in [0.15, 0.2) is 0 Å². The van der Waals surface area contributed by atoms with Crippen LogP contribution in [-0.4, -0.2) is 18.5 Å². The van der Waals surface area contributed by atoms with Crippen molar-refractivity contribution in [2.45, 2.75) is 32.4 Å². The second kappa shape index (κ2) is 7.92. The third-order valence-corrected chi connectivity index (χ3v) is 4.55. The van der Waals surface area contributed by atoms with E-state index in [1.165, 1.54) is 12.1 Å². The number of hydrogen-bond donors (Lipinski definition) is 2. The maximum absolute atomic E-state index is 12.6. The minimum atomic E-state index is -4.43. The molecule has 1 saturated heterocycles. The van der Waals surface area contributed by atoms with Gasteiger partial charge in [0.2, 0.25) is 5.91 Å². The molecule has 0 atom stereocenters. The Morgan fingerprint density at radius 1 is 1.00 bits per heavy atom. The first-order valence-corrected chi connectivity index (χ1v) is 8.90. The van der Waals surface area contributed by atoms with Crippen LogP contribution in [0.1, 0.15) is 30.4 Å². The summed E-state index contributed by atoms with van der Waals surface area (Å²) < 4.78 is 37.8. The lowest BCUT2D eigenvalue weighted by Crippen LogP contribution is -2.35. The van der Waals surface area contributed by atoms with E-state index < -0.39 is 17.8 Å². The highest BCUT2D eigenvalue weighted by Crippen LogP contribution is 2.30. The standard InChI is InChI=1S/C20H20F3N3O2/c1-13-5-8-16(12-17(13)26-11-3-2-4-18(26)27)25-19(28)24-15-9-6-14(7-10-15)20(21,22)23/h5-10,12H,2-4,11H2,1H3,(H2,24,25,28). The Hall–Kier alpha value is -3.03. The highest BCUT2D eigenvalue weighted by atomic mass is 19.4. The van der Waals surface area contributed by atoms with E-state index in [9.17, 15) is 22.8 Å². The Labute approximate surface area is 160 Å². The lowest BCUT2D eigenvalue weighted by atomic mass is 10.1. The van der Waals surface area contributed by atoms with Crippen LogP contribution in [0.4, 0.5) is 35.0 Å². The SMILES string of the molecule is Cc1ccc(NC(=O)Nc2ccc(C(F)(F)F)cc2)cc1N1CCCCC1=O. The number of nitrogens with zero attached hydrogens (tertiary/aromatic N) is 1. The van der Waals surface area contributed by atoms with E-state index in [-0.39, 0.29) is 11.6 Å². The minimum absolute atomic E-state index is 0.0562. The van der Waals surface area contributed by atoms with E-state index in [1.807, 2.05) is 13.0 Å². The Bertz CT molecular complexity index is 879. The zero-order valence-corrected chi connectivity index (χ0v) is 15.3. The summed E-state index contributed by atoms with van der Waals surface area (Å²) in [6, 6.07) is 8.85. The fourth-order valence-electron chi connectivity index (χ4n) is 3.07. The average Bonchev–Trinajstić information content (AvgIpc) is 2.63. The highest BCUT2D eigenvalue weighted by Gasteiger charge is 2.30. The van der Waals surface area contributed by atoms with Crippen LogP contribution in [0.25, 0.3) is 0 Å². The Morgan fingerprint density at radius 3 is 2.29 bits per heavy atom. The van der Waals surface area contributed by atoms with Gasteiger partial charge in [-0.05, 0) is 61.7 Å². The van der Waals surface area contributed by atoms with Gasteiger partial charge in [0.25, 0.3) is 0 Å². The van der Waals surface area contributed by atoms with Gasteiger partial charge in [-0.15, -0.1) is 0 Å². The first kappa shape index (κ1) is 19.7. The molecule has 3 rings (SSSR count). The molecule has 2 N–H and O–H groups in total. The van der Waals surface area contributed by atoms with Gasteiger partial charge < -0.3 is 15.5 Å². The number of carbonyl (C=O) groups is 2. The van der Waals surface area contributed by atoms with Crippen molar-refractivity contribution in [3.63, 3.8) is 0 Å². The van der Waals surface area contributed by atoms with Crippen LogP contribution < -0.4 is 15.5 Å². The normalized spacial score (nSPS) is 14.7. The molecule has 1 aliphatic heterocycles. The Kier molecular flexibility index (Phi) is 5.58. The third-order valence-electron chi connectivity index (χ3n) is 4.55. The van der Waals surface area contributed by atoms with Crippen LogP contribution in [0.3, 0.4) is 0 Å². The third kappa shape index (κ3) is 4.62. The minimum Gasteiger partial charge on any atom is -0.312 e. The van der Waals surface area contributed by atoms with E-state index in [4.69, 9.17) is 0 Å². The summed E-state index contributed by atoms with van der Waals surface area (Å²) in [6.07, 6.45) is -2.12. The lowest BCUT2D eigenvalue weighted by Gasteiger charge is -2.28. The molecule has 2 aromatic rings. The zero-order valence-electron chi connectivity index (χ0n) is 15.3. The topological polar surface area (TPSA) is 61.4 Å². The van der Waals surface area contributed by atoms with Crippen LogP contribution >= 0.6 is 0 Å². The number of carbonyl (C=O) groups excluding carboxylic acids is 2. The fourth-order valence-corrected chi connectivity index (χ4v) is 3.07. The summed E-state index contributed by atoms with van der Waals surface area (Å²) in [5.74, 6) is 0.0562. The fraction of sp³-hybridized carbons (Fsp3) is 0.300. The van der Waals surface area contributed by atoms with Crippen LogP contribution in [-0.2, 0) is 11.0 Å². The van der Waals surface area contributed by atoms with Gasteiger partial charge in [-0.3, -0.25) is 4.79 Å². The molecule has 0 bridgehead atoms. The average molecular weight is 391 g/mol. The van der Waals surface area contributed by atoms with Crippen LogP contribution in [0.5, 0.6) is 0 Å². The van der Waals surface area contributed by atoms with Crippen molar-refractivity contribution in [2.24, 2.45) is 0 Å². The molecule has 2 aromatic carbocycles. The number of nitrogens with one attached hydrogen (secondary N) is 2. The van der Waals surface area contributed by atoms with Gasteiger partial charge in [0, 0.05) is 30.0 Å². The first-order valence-electron chi connectivity index (χ1n) is 8.90. The van der Waals surface area contributed by atoms with E-state index in [0.29, 0.717) is 18.7 Å². The molecule has 8 heteroatoms. The van der Waals surface area contributed by atoms with Crippen molar-refractivity contribution in [1.29, 1.82) is 0 Å². The molecule has 0 radical (unpaired) electrons. The predicted octanol–water partition coefficient (Wildman–Crippen LogP) is 5.17. The van der Waals surface area contributed by atoms with Crippen molar-refractivity contribution >= 4 is 29.0 Å². The summed E-state index contributed by atoms with van der Waals surface area (Å²) in [5.41, 5.74) is 1.61. The van der Waals surface area contributed by atoms with Gasteiger partial charge in [0.1, 0.15) is 0 Å². The van der Waals surface area contributed by atoms with Crippen molar-refractivity contribution in [1.82, 2.24) is 0 Å². The number of benzene rings is 2. The van der Waals surface area contributed by atoms with E-state index in [1.54, 1.807) is 17.0 Å². The number of rotatable bonds is 3. The predicted molar refractivity (Wildman–Crippen MR) is 101 cm³/mol. The van der Waals surface area contributed by atoms with Crippen molar-refractivity contribution in [3.8, 4) is 0 Å². The lowest BCUT2D eigenvalue weighted by molar-refractivity contribution is -0.137. The summed E-state index contributed by atoms with van der Waals surface area (Å²) in [4.78, 5) is 26.1. The number of aryl methyl sites for hydroxylation is 1. The largest absolute Gasteiger partial charge is 0.416 e. The molecule has 0 spiro atoms. The van der Waals surface area contributed by atoms with Crippen molar-refractivity contribution < 1.29 is 22.8 Å². The molecular weight excluding hydrogens is 371 g/mol. The molecule has 1 heterocycles. The molecule has 28 heavy (non-hydrogen) atoms. The molecule has 0 aromatic heterocycles. The van der Waals surface area contributed by atoms with Gasteiger partial charge in [0.05, 0.1) is 5.56 Å². The van der Waals surface area contributed by atoms with Gasteiger partial charge >= 0.3 is 12.2 Å². The second-order valence-corrected chi connectivity index (χ2v) is 6.66. The Morgan fingerprint density at radius 2 is 1.64 bits per heavy atom. The highest BCUT2D eigenvalue weighted by molar-refractivity contribution is 6.01. The number of hydrogen-bond acceptors (Lipinski definition) is 2. The first-order chi connectivity index (χ1) is 13.2. The number of halogens is 3. The van der Waals surface area contributed by atoms with Crippen LogP contribution in [0, 0.1) is 6.92 Å². The smallest absolute Gasteiger partial charge is 0.312 e. The number of piperidine rings is 1. The van der Waals surface area contributed by atoms with Gasteiger partial charge in [-0.2, -0.15) is 13.2 Å². The zero-order chi connectivity index (χ0) is 20.3. The Balaban J connectivity index is 1.69. The quantitative estimate of drug-likeness (QED) is 0.758. The monoisotopic (exact) mass is 391 g/mol. The summed E-state index contributed by atoms with van der Waals surface area (Å²) in [5, 5.41) is 5.14. The van der Waals surface area contributed by atoms with Crippen LogP contribution in [0.2, 0.25) is 0 Å². The number of alkyl halides is 3. The maximum atomic E-state index is 12.6. The molecule has 0 unspecified atom stereocenters. The summed E-state index contributed by atoms with van der Waals surface area (Å²) in [6.45, 7) is 2.53. The van der Waals surface area contributed by atoms with E-state index >= 15 is 0 Å². The summed E-state index contributed by atoms with van der Waals surface area (Å²) in [7, 11) is 0. The summed E-state index contributed by atoms with van der Waals surface area (Å²) >= 11 is 0. The van der Waals surface area contributed by atoms with Gasteiger partial charge in [-0.25, -0.2) is 4.79 Å². The molecule has 148 valence electrons. The van der Waals surface area contributed by atoms with Gasteiger partial charge in [-0.1, -0.05) is 6.07 Å². The molecule has 5 nitrogen and oxygen atoms in total. The molecule has 0 aliphatic carbocycles. The molecule has 1 aliphatic rings. The number of urea groups is 1. The molecule has 0 saturated carbocycles. The molecular formula is C20H20F3N3O2. The van der Waals surface area contributed by atoms with E-state index in [0.717, 1.165) is 36.2 Å². The maximum Gasteiger partial charge on any atom is 0.416 e. The number of anilines is 3. The van der Waals surface area contributed by atoms with Crippen molar-refractivity contribution in [2.75, 3.05) is 22.1 Å². The second-order valence-electron chi connectivity index (χ2n) is 6.66. The number of amides is 3. The van der Waals surface area contributed by atoms with Crippen molar-refractivity contribution in [3.05, 3.63) is 53.6 Å². The molecule has 3 amide bonds.